The molecule has 1 aromatic rings. The van der Waals surface area contributed by atoms with Crippen molar-refractivity contribution in [3.63, 3.8) is 0 Å². The lowest BCUT2D eigenvalue weighted by Gasteiger charge is -2.56. The molecule has 4 heteroatoms. The van der Waals surface area contributed by atoms with Gasteiger partial charge in [-0.3, -0.25) is 9.48 Å². The first-order valence-electron chi connectivity index (χ1n) is 8.31. The van der Waals surface area contributed by atoms with E-state index in [1.54, 1.807) is 10.9 Å². The van der Waals surface area contributed by atoms with Crippen LogP contribution < -0.4 is 5.32 Å². The second-order valence-electron chi connectivity index (χ2n) is 7.91. The SMILES string of the molecule is Cc1c(NC(=O)CC23CC4CC(CC(C4)C2)C3)cnn1C. The van der Waals surface area contributed by atoms with Crippen molar-refractivity contribution in [1.29, 1.82) is 0 Å². The van der Waals surface area contributed by atoms with Gasteiger partial charge in [0.05, 0.1) is 17.6 Å². The molecule has 4 nitrogen and oxygen atoms in total. The Kier molecular flexibility index (Phi) is 2.92. The first-order valence-corrected chi connectivity index (χ1v) is 8.31. The second kappa shape index (κ2) is 4.59. The van der Waals surface area contributed by atoms with Crippen LogP contribution in [0.2, 0.25) is 0 Å². The van der Waals surface area contributed by atoms with Gasteiger partial charge in [0.15, 0.2) is 0 Å². The quantitative estimate of drug-likeness (QED) is 0.927. The highest BCUT2D eigenvalue weighted by Gasteiger charge is 2.51. The number of nitrogens with one attached hydrogen (secondary N) is 1. The Morgan fingerprint density at radius 1 is 1.29 bits per heavy atom. The van der Waals surface area contributed by atoms with Gasteiger partial charge >= 0.3 is 0 Å². The fraction of sp³-hybridized carbons (Fsp3) is 0.765. The summed E-state index contributed by atoms with van der Waals surface area (Å²) in [5.74, 6) is 2.91. The van der Waals surface area contributed by atoms with E-state index in [-0.39, 0.29) is 5.91 Å². The van der Waals surface area contributed by atoms with Crippen molar-refractivity contribution in [3.8, 4) is 0 Å². The van der Waals surface area contributed by atoms with E-state index in [2.05, 4.69) is 10.4 Å². The summed E-state index contributed by atoms with van der Waals surface area (Å²) in [7, 11) is 1.91. The van der Waals surface area contributed by atoms with E-state index in [0.29, 0.717) is 11.8 Å². The summed E-state index contributed by atoms with van der Waals surface area (Å²) < 4.78 is 1.81. The highest BCUT2D eigenvalue weighted by atomic mass is 16.1. The molecule has 0 aromatic carbocycles. The van der Waals surface area contributed by atoms with Gasteiger partial charge in [0, 0.05) is 13.5 Å². The van der Waals surface area contributed by atoms with Gasteiger partial charge in [0.2, 0.25) is 5.91 Å². The number of aryl methyl sites for hydroxylation is 1. The predicted molar refractivity (Wildman–Crippen MR) is 81.8 cm³/mol. The molecule has 0 aliphatic heterocycles. The minimum absolute atomic E-state index is 0.188. The molecule has 0 atom stereocenters. The standard InChI is InChI=1S/C17H25N3O/c1-11-15(10-18-20(11)2)19-16(21)9-17-6-12-3-13(7-17)5-14(4-12)8-17/h10,12-14H,3-9H2,1-2H3,(H,19,21). The minimum atomic E-state index is 0.188. The maximum atomic E-state index is 12.5. The van der Waals surface area contributed by atoms with Gasteiger partial charge < -0.3 is 5.32 Å². The fourth-order valence-electron chi connectivity index (χ4n) is 5.66. The Morgan fingerprint density at radius 2 is 1.86 bits per heavy atom. The van der Waals surface area contributed by atoms with E-state index < -0.39 is 0 Å². The van der Waals surface area contributed by atoms with E-state index >= 15 is 0 Å². The van der Waals surface area contributed by atoms with E-state index in [9.17, 15) is 4.79 Å². The van der Waals surface area contributed by atoms with Gasteiger partial charge in [-0.1, -0.05) is 0 Å². The number of aromatic nitrogens is 2. The summed E-state index contributed by atoms with van der Waals surface area (Å²) in [6.07, 6.45) is 10.6. The average Bonchev–Trinajstić information content (AvgIpc) is 2.68. The smallest absolute Gasteiger partial charge is 0.225 e. The molecule has 1 amide bonds. The molecule has 21 heavy (non-hydrogen) atoms. The molecule has 4 bridgehead atoms. The Bertz CT molecular complexity index is 539. The molecule has 0 unspecified atom stereocenters. The molecule has 0 spiro atoms. The first kappa shape index (κ1) is 13.4. The van der Waals surface area contributed by atoms with Crippen LogP contribution in [-0.4, -0.2) is 15.7 Å². The Balaban J connectivity index is 1.46. The zero-order valence-electron chi connectivity index (χ0n) is 13.1. The van der Waals surface area contributed by atoms with E-state index in [0.717, 1.165) is 29.1 Å². The number of hydrogen-bond acceptors (Lipinski definition) is 2. The average molecular weight is 287 g/mol. The van der Waals surface area contributed by atoms with Crippen molar-refractivity contribution in [1.82, 2.24) is 9.78 Å². The monoisotopic (exact) mass is 287 g/mol. The van der Waals surface area contributed by atoms with Crippen LogP contribution >= 0.6 is 0 Å². The predicted octanol–water partition coefficient (Wildman–Crippen LogP) is 3.27. The van der Waals surface area contributed by atoms with E-state index in [4.69, 9.17) is 0 Å². The topological polar surface area (TPSA) is 46.9 Å². The van der Waals surface area contributed by atoms with Crippen molar-refractivity contribution in [2.24, 2.45) is 30.2 Å². The molecule has 4 fully saturated rings. The zero-order valence-corrected chi connectivity index (χ0v) is 13.1. The van der Waals surface area contributed by atoms with Gasteiger partial charge in [-0.15, -0.1) is 0 Å². The van der Waals surface area contributed by atoms with Crippen LogP contribution in [0.1, 0.15) is 50.6 Å². The number of carbonyl (C=O) groups excluding carboxylic acids is 1. The van der Waals surface area contributed by atoms with Crippen LogP contribution in [0.25, 0.3) is 0 Å². The van der Waals surface area contributed by atoms with Crippen LogP contribution in [0.15, 0.2) is 6.20 Å². The zero-order chi connectivity index (χ0) is 14.6. The number of amides is 1. The summed E-state index contributed by atoms with van der Waals surface area (Å²) in [4.78, 5) is 12.5. The molecule has 0 saturated heterocycles. The molecule has 1 N–H and O–H groups in total. The second-order valence-corrected chi connectivity index (χ2v) is 7.91. The van der Waals surface area contributed by atoms with Crippen molar-refractivity contribution < 1.29 is 4.79 Å². The normalized spacial score (nSPS) is 37.0. The first-order chi connectivity index (χ1) is 10.0. The van der Waals surface area contributed by atoms with Crippen molar-refractivity contribution >= 4 is 11.6 Å². The van der Waals surface area contributed by atoms with Gasteiger partial charge in [-0.25, -0.2) is 0 Å². The Morgan fingerprint density at radius 3 is 2.33 bits per heavy atom. The van der Waals surface area contributed by atoms with Crippen LogP contribution in [0.3, 0.4) is 0 Å². The Labute approximate surface area is 126 Å². The van der Waals surface area contributed by atoms with Crippen molar-refractivity contribution in [2.45, 2.75) is 51.9 Å². The molecule has 4 aliphatic carbocycles. The van der Waals surface area contributed by atoms with Crippen LogP contribution in [0, 0.1) is 30.1 Å². The largest absolute Gasteiger partial charge is 0.323 e. The number of anilines is 1. The van der Waals surface area contributed by atoms with Crippen LogP contribution in [0.4, 0.5) is 5.69 Å². The fourth-order valence-corrected chi connectivity index (χ4v) is 5.66. The molecule has 4 saturated carbocycles. The third-order valence-electron chi connectivity index (χ3n) is 6.21. The van der Waals surface area contributed by atoms with Crippen molar-refractivity contribution in [2.75, 3.05) is 5.32 Å². The molecule has 114 valence electrons. The third kappa shape index (κ3) is 2.29. The number of rotatable bonds is 3. The highest BCUT2D eigenvalue weighted by Crippen LogP contribution is 2.61. The van der Waals surface area contributed by atoms with Crippen LogP contribution in [0.5, 0.6) is 0 Å². The third-order valence-corrected chi connectivity index (χ3v) is 6.21. The molecular weight excluding hydrogens is 262 g/mol. The molecule has 1 aromatic heterocycles. The lowest BCUT2D eigenvalue weighted by molar-refractivity contribution is -0.124. The lowest BCUT2D eigenvalue weighted by atomic mass is 9.49. The summed E-state index contributed by atoms with van der Waals surface area (Å²) in [5, 5.41) is 7.28. The van der Waals surface area contributed by atoms with Gasteiger partial charge in [0.25, 0.3) is 0 Å². The van der Waals surface area contributed by atoms with Crippen LogP contribution in [-0.2, 0) is 11.8 Å². The number of hydrogen-bond donors (Lipinski definition) is 1. The lowest BCUT2D eigenvalue weighted by Crippen LogP contribution is -2.47. The van der Waals surface area contributed by atoms with E-state index in [1.165, 1.54) is 38.5 Å². The van der Waals surface area contributed by atoms with Gasteiger partial charge in [-0.05, 0) is 68.6 Å². The summed E-state index contributed by atoms with van der Waals surface area (Å²) in [6.45, 7) is 1.99. The minimum Gasteiger partial charge on any atom is -0.323 e. The van der Waals surface area contributed by atoms with Crippen molar-refractivity contribution in [3.05, 3.63) is 11.9 Å². The Hall–Kier alpha value is -1.32. The highest BCUT2D eigenvalue weighted by molar-refractivity contribution is 5.91. The maximum Gasteiger partial charge on any atom is 0.225 e. The van der Waals surface area contributed by atoms with Gasteiger partial charge in [-0.2, -0.15) is 5.10 Å². The maximum absolute atomic E-state index is 12.5. The summed E-state index contributed by atoms with van der Waals surface area (Å²) in [6, 6.07) is 0. The van der Waals surface area contributed by atoms with E-state index in [1.807, 2.05) is 14.0 Å². The molecule has 5 rings (SSSR count). The summed E-state index contributed by atoms with van der Waals surface area (Å²) >= 11 is 0. The molecule has 0 radical (unpaired) electrons. The molecule has 4 aliphatic rings. The molecular formula is C17H25N3O. The summed E-state index contributed by atoms with van der Waals surface area (Å²) in [5.41, 5.74) is 2.20. The number of carbonyl (C=O) groups is 1. The number of nitrogens with zero attached hydrogens (tertiary/aromatic N) is 2. The molecule has 1 heterocycles. The van der Waals surface area contributed by atoms with Gasteiger partial charge in [0.1, 0.15) is 0 Å².